The molecule has 1 amide bonds. The number of carbonyl (C=O) groups is 1. The van der Waals surface area contributed by atoms with Crippen LogP contribution in [0.25, 0.3) is 0 Å². The van der Waals surface area contributed by atoms with E-state index < -0.39 is 0 Å². The minimum Gasteiger partial charge on any atom is -0.459 e. The molecule has 0 aliphatic rings. The zero-order valence-corrected chi connectivity index (χ0v) is 17.4. The van der Waals surface area contributed by atoms with Crippen molar-refractivity contribution < 1.29 is 9.21 Å². The van der Waals surface area contributed by atoms with Gasteiger partial charge in [-0.15, -0.1) is 0 Å². The van der Waals surface area contributed by atoms with Crippen LogP contribution < -0.4 is 16.0 Å². The number of furan rings is 1. The van der Waals surface area contributed by atoms with Crippen LogP contribution in [0.5, 0.6) is 0 Å². The Bertz CT molecular complexity index is 731. The Hall–Kier alpha value is -2.28. The summed E-state index contributed by atoms with van der Waals surface area (Å²) in [5.74, 6) is 1.34. The highest BCUT2D eigenvalue weighted by atomic mass is 79.9. The summed E-state index contributed by atoms with van der Waals surface area (Å²) in [5.41, 5.74) is 1.32. The van der Waals surface area contributed by atoms with Gasteiger partial charge in [0, 0.05) is 31.2 Å². The van der Waals surface area contributed by atoms with Crippen molar-refractivity contribution >= 4 is 27.8 Å². The molecule has 0 radical (unpaired) electrons. The zero-order chi connectivity index (χ0) is 19.5. The second-order valence-electron chi connectivity index (χ2n) is 6.22. The second kappa shape index (κ2) is 11.4. The molecule has 3 N–H and O–H groups in total. The van der Waals surface area contributed by atoms with Gasteiger partial charge in [0.15, 0.2) is 11.7 Å². The Morgan fingerprint density at radius 2 is 2.00 bits per heavy atom. The third kappa shape index (κ3) is 7.46. The van der Waals surface area contributed by atoms with E-state index in [1.54, 1.807) is 19.2 Å². The molecule has 0 saturated carbocycles. The van der Waals surface area contributed by atoms with Crippen LogP contribution in [0.1, 0.15) is 29.5 Å². The van der Waals surface area contributed by atoms with Gasteiger partial charge in [0.05, 0.1) is 6.26 Å². The lowest BCUT2D eigenvalue weighted by Crippen LogP contribution is -2.43. The maximum absolute atomic E-state index is 11.8. The van der Waals surface area contributed by atoms with Crippen LogP contribution in [-0.2, 0) is 6.42 Å². The van der Waals surface area contributed by atoms with Crippen LogP contribution in [0, 0.1) is 5.92 Å². The Morgan fingerprint density at radius 3 is 2.67 bits per heavy atom. The first-order valence-corrected chi connectivity index (χ1v) is 9.92. The second-order valence-corrected chi connectivity index (χ2v) is 7.14. The van der Waals surface area contributed by atoms with E-state index in [0.29, 0.717) is 24.8 Å². The van der Waals surface area contributed by atoms with Crippen LogP contribution in [0.15, 0.2) is 56.5 Å². The molecular formula is C20H27BrN4O2. The molecule has 1 aromatic heterocycles. The SMILES string of the molecule is CCC(CNC(=NC)NCCNC(=O)c1ccco1)Cc1cccc(Br)c1. The van der Waals surface area contributed by atoms with Crippen molar-refractivity contribution in [1.82, 2.24) is 16.0 Å². The predicted molar refractivity (Wildman–Crippen MR) is 112 cm³/mol. The molecule has 1 atom stereocenters. The molecule has 27 heavy (non-hydrogen) atoms. The maximum Gasteiger partial charge on any atom is 0.287 e. The number of benzene rings is 1. The smallest absolute Gasteiger partial charge is 0.287 e. The van der Waals surface area contributed by atoms with Crippen molar-refractivity contribution in [2.45, 2.75) is 19.8 Å². The summed E-state index contributed by atoms with van der Waals surface area (Å²) in [6.45, 7) is 4.09. The molecule has 0 aliphatic heterocycles. The molecule has 1 aromatic carbocycles. The monoisotopic (exact) mass is 434 g/mol. The largest absolute Gasteiger partial charge is 0.459 e. The molecule has 2 aromatic rings. The first-order chi connectivity index (χ1) is 13.1. The average Bonchev–Trinajstić information content (AvgIpc) is 3.21. The lowest BCUT2D eigenvalue weighted by atomic mass is 9.97. The van der Waals surface area contributed by atoms with Gasteiger partial charge in [0.1, 0.15) is 0 Å². The molecule has 1 unspecified atom stereocenters. The Labute approximate surface area is 169 Å². The van der Waals surface area contributed by atoms with Gasteiger partial charge in [-0.05, 0) is 42.2 Å². The zero-order valence-electron chi connectivity index (χ0n) is 15.8. The van der Waals surface area contributed by atoms with E-state index in [4.69, 9.17) is 4.42 Å². The van der Waals surface area contributed by atoms with Gasteiger partial charge in [-0.2, -0.15) is 0 Å². The van der Waals surface area contributed by atoms with Crippen LogP contribution in [0.3, 0.4) is 0 Å². The van der Waals surface area contributed by atoms with E-state index in [1.807, 2.05) is 6.07 Å². The molecule has 0 spiro atoms. The normalized spacial score (nSPS) is 12.5. The summed E-state index contributed by atoms with van der Waals surface area (Å²) in [4.78, 5) is 16.0. The fourth-order valence-electron chi connectivity index (χ4n) is 2.67. The number of guanidine groups is 1. The van der Waals surface area contributed by atoms with Crippen LogP contribution in [0.2, 0.25) is 0 Å². The fourth-order valence-corrected chi connectivity index (χ4v) is 3.12. The van der Waals surface area contributed by atoms with Crippen molar-refractivity contribution in [2.24, 2.45) is 10.9 Å². The maximum atomic E-state index is 11.8. The van der Waals surface area contributed by atoms with Crippen LogP contribution in [-0.4, -0.2) is 38.5 Å². The number of rotatable bonds is 9. The topological polar surface area (TPSA) is 78.7 Å². The summed E-state index contributed by atoms with van der Waals surface area (Å²) in [6.07, 6.45) is 3.58. The van der Waals surface area contributed by atoms with E-state index in [0.717, 1.165) is 29.8 Å². The van der Waals surface area contributed by atoms with E-state index >= 15 is 0 Å². The average molecular weight is 435 g/mol. The highest BCUT2D eigenvalue weighted by molar-refractivity contribution is 9.10. The molecule has 7 heteroatoms. The lowest BCUT2D eigenvalue weighted by molar-refractivity contribution is 0.0926. The van der Waals surface area contributed by atoms with Crippen molar-refractivity contribution in [3.05, 3.63) is 58.5 Å². The van der Waals surface area contributed by atoms with Gasteiger partial charge in [-0.25, -0.2) is 0 Å². The molecule has 1 heterocycles. The predicted octanol–water partition coefficient (Wildman–Crippen LogP) is 3.21. The summed E-state index contributed by atoms with van der Waals surface area (Å²) in [5, 5.41) is 9.37. The highest BCUT2D eigenvalue weighted by Gasteiger charge is 2.10. The van der Waals surface area contributed by atoms with E-state index in [2.05, 4.69) is 62.0 Å². The molecule has 0 aliphatic carbocycles. The number of amides is 1. The van der Waals surface area contributed by atoms with Crippen LogP contribution in [0.4, 0.5) is 0 Å². The number of halogens is 1. The first-order valence-electron chi connectivity index (χ1n) is 9.13. The lowest BCUT2D eigenvalue weighted by Gasteiger charge is -2.18. The highest BCUT2D eigenvalue weighted by Crippen LogP contribution is 2.16. The van der Waals surface area contributed by atoms with E-state index in [1.165, 1.54) is 11.8 Å². The third-order valence-electron chi connectivity index (χ3n) is 4.22. The van der Waals surface area contributed by atoms with Crippen molar-refractivity contribution in [3.63, 3.8) is 0 Å². The van der Waals surface area contributed by atoms with Crippen molar-refractivity contribution in [1.29, 1.82) is 0 Å². The van der Waals surface area contributed by atoms with Gasteiger partial charge in [0.2, 0.25) is 0 Å². The van der Waals surface area contributed by atoms with E-state index in [9.17, 15) is 4.79 Å². The Balaban J connectivity index is 1.69. The number of nitrogens with one attached hydrogen (secondary N) is 3. The number of hydrogen-bond donors (Lipinski definition) is 3. The van der Waals surface area contributed by atoms with Gasteiger partial charge < -0.3 is 20.4 Å². The summed E-state index contributed by atoms with van der Waals surface area (Å²) >= 11 is 3.52. The molecular weight excluding hydrogens is 408 g/mol. The number of carbonyl (C=O) groups excluding carboxylic acids is 1. The molecule has 146 valence electrons. The molecule has 0 saturated heterocycles. The summed E-state index contributed by atoms with van der Waals surface area (Å²) < 4.78 is 6.16. The van der Waals surface area contributed by atoms with E-state index in [-0.39, 0.29) is 5.91 Å². The molecule has 6 nitrogen and oxygen atoms in total. The summed E-state index contributed by atoms with van der Waals surface area (Å²) in [7, 11) is 1.74. The minimum absolute atomic E-state index is 0.218. The Morgan fingerprint density at radius 1 is 1.19 bits per heavy atom. The number of nitrogens with zero attached hydrogens (tertiary/aromatic N) is 1. The van der Waals surface area contributed by atoms with Gasteiger partial charge >= 0.3 is 0 Å². The summed E-state index contributed by atoms with van der Waals surface area (Å²) in [6, 6.07) is 11.8. The number of aliphatic imine (C=N–C) groups is 1. The fraction of sp³-hybridized carbons (Fsp3) is 0.400. The standard InChI is InChI=1S/C20H27BrN4O2/c1-3-15(12-16-6-4-7-17(21)13-16)14-25-20(22-2)24-10-9-23-19(26)18-8-5-11-27-18/h4-8,11,13,15H,3,9-10,12,14H2,1-2H3,(H,23,26)(H2,22,24,25). The van der Waals surface area contributed by atoms with Gasteiger partial charge in [0.25, 0.3) is 5.91 Å². The molecule has 0 bridgehead atoms. The van der Waals surface area contributed by atoms with Crippen molar-refractivity contribution in [3.8, 4) is 0 Å². The first kappa shape index (κ1) is 21.0. The number of hydrogen-bond acceptors (Lipinski definition) is 3. The molecule has 0 fully saturated rings. The third-order valence-corrected chi connectivity index (χ3v) is 4.71. The van der Waals surface area contributed by atoms with Crippen molar-refractivity contribution in [2.75, 3.05) is 26.7 Å². The van der Waals surface area contributed by atoms with Gasteiger partial charge in [-0.1, -0.05) is 41.4 Å². The molecule has 2 rings (SSSR count). The quantitative estimate of drug-likeness (QED) is 0.321. The minimum atomic E-state index is -0.218. The van der Waals surface area contributed by atoms with Crippen LogP contribution >= 0.6 is 15.9 Å². The van der Waals surface area contributed by atoms with Gasteiger partial charge in [-0.3, -0.25) is 9.79 Å². The Kier molecular flexibility index (Phi) is 8.91.